The van der Waals surface area contributed by atoms with Crippen molar-refractivity contribution < 1.29 is 4.52 Å². The number of aromatic nitrogens is 3. The van der Waals surface area contributed by atoms with E-state index in [-0.39, 0.29) is 0 Å². The van der Waals surface area contributed by atoms with Crippen LogP contribution >= 0.6 is 0 Å². The molecule has 2 aromatic heterocycles. The highest BCUT2D eigenvalue weighted by molar-refractivity contribution is 5.53. The van der Waals surface area contributed by atoms with Gasteiger partial charge >= 0.3 is 0 Å². The molecule has 0 bridgehead atoms. The minimum absolute atomic E-state index is 0.432. The number of aryl methyl sites for hydroxylation is 1. The standard InChI is InChI=1S/C18H20N4O/c1-21-11-5-9-15(21)16-10-6-12-22(16)13-17-19-18(20-23-17)14-7-3-2-4-8-14/h2-5,7-9,11,16H,6,10,12-13H2,1H3. The minimum atomic E-state index is 0.432. The van der Waals surface area contributed by atoms with Crippen LogP contribution in [0.3, 0.4) is 0 Å². The molecule has 1 atom stereocenters. The van der Waals surface area contributed by atoms with Gasteiger partial charge in [0.25, 0.3) is 0 Å². The summed E-state index contributed by atoms with van der Waals surface area (Å²) >= 11 is 0. The van der Waals surface area contributed by atoms with Gasteiger partial charge in [-0.05, 0) is 31.5 Å². The first kappa shape index (κ1) is 14.2. The lowest BCUT2D eigenvalue weighted by molar-refractivity contribution is 0.207. The molecule has 1 unspecified atom stereocenters. The maximum absolute atomic E-state index is 5.47. The van der Waals surface area contributed by atoms with E-state index in [1.54, 1.807) is 0 Å². The quantitative estimate of drug-likeness (QED) is 0.741. The van der Waals surface area contributed by atoms with E-state index in [0.29, 0.717) is 24.3 Å². The summed E-state index contributed by atoms with van der Waals surface area (Å²) in [5.41, 5.74) is 2.34. The minimum Gasteiger partial charge on any atom is -0.353 e. The number of hydrogen-bond acceptors (Lipinski definition) is 4. The molecule has 5 nitrogen and oxygen atoms in total. The molecule has 118 valence electrons. The monoisotopic (exact) mass is 308 g/mol. The van der Waals surface area contributed by atoms with Crippen LogP contribution in [0.15, 0.2) is 53.2 Å². The average molecular weight is 308 g/mol. The van der Waals surface area contributed by atoms with E-state index in [4.69, 9.17) is 4.52 Å². The summed E-state index contributed by atoms with van der Waals surface area (Å²) in [6.45, 7) is 1.77. The van der Waals surface area contributed by atoms with Crippen LogP contribution in [0.1, 0.15) is 30.5 Å². The number of rotatable bonds is 4. The van der Waals surface area contributed by atoms with E-state index in [0.717, 1.165) is 12.1 Å². The topological polar surface area (TPSA) is 47.1 Å². The number of hydrogen-bond donors (Lipinski definition) is 0. The maximum atomic E-state index is 5.47. The van der Waals surface area contributed by atoms with Gasteiger partial charge < -0.3 is 9.09 Å². The van der Waals surface area contributed by atoms with Gasteiger partial charge in [-0.1, -0.05) is 35.5 Å². The second kappa shape index (κ2) is 6.01. The molecule has 0 N–H and O–H groups in total. The molecule has 0 saturated carbocycles. The van der Waals surface area contributed by atoms with Crippen molar-refractivity contribution in [3.8, 4) is 11.4 Å². The molecule has 1 aromatic carbocycles. The van der Waals surface area contributed by atoms with Crippen molar-refractivity contribution in [3.63, 3.8) is 0 Å². The summed E-state index contributed by atoms with van der Waals surface area (Å²) in [6.07, 6.45) is 4.49. The fraction of sp³-hybridized carbons (Fsp3) is 0.333. The van der Waals surface area contributed by atoms with Crippen molar-refractivity contribution in [2.24, 2.45) is 7.05 Å². The van der Waals surface area contributed by atoms with Gasteiger partial charge in [0.05, 0.1) is 12.6 Å². The van der Waals surface area contributed by atoms with E-state index < -0.39 is 0 Å². The number of likely N-dealkylation sites (tertiary alicyclic amines) is 1. The highest BCUT2D eigenvalue weighted by Gasteiger charge is 2.29. The average Bonchev–Trinajstić information content (AvgIpc) is 3.30. The molecule has 23 heavy (non-hydrogen) atoms. The van der Waals surface area contributed by atoms with Crippen LogP contribution in [0.25, 0.3) is 11.4 Å². The van der Waals surface area contributed by atoms with Gasteiger partial charge in [-0.3, -0.25) is 4.90 Å². The van der Waals surface area contributed by atoms with Crippen LogP contribution in [0, 0.1) is 0 Å². The fourth-order valence-corrected chi connectivity index (χ4v) is 3.37. The molecule has 0 radical (unpaired) electrons. The molecule has 0 spiro atoms. The van der Waals surface area contributed by atoms with Crippen LogP contribution in [0.5, 0.6) is 0 Å². The van der Waals surface area contributed by atoms with E-state index in [1.165, 1.54) is 18.5 Å². The van der Waals surface area contributed by atoms with E-state index in [2.05, 4.69) is 45.0 Å². The molecule has 4 rings (SSSR count). The lowest BCUT2D eigenvalue weighted by Crippen LogP contribution is -2.24. The second-order valence-corrected chi connectivity index (χ2v) is 6.05. The lowest BCUT2D eigenvalue weighted by Gasteiger charge is -2.23. The van der Waals surface area contributed by atoms with Crippen molar-refractivity contribution in [2.45, 2.75) is 25.4 Å². The molecule has 3 heterocycles. The van der Waals surface area contributed by atoms with Crippen molar-refractivity contribution in [2.75, 3.05) is 6.54 Å². The molecule has 3 aromatic rings. The Bertz CT molecular complexity index is 777. The Kier molecular flexibility index (Phi) is 3.71. The first-order valence-corrected chi connectivity index (χ1v) is 8.04. The summed E-state index contributed by atoms with van der Waals surface area (Å²) in [6, 6.07) is 14.7. The highest BCUT2D eigenvalue weighted by Crippen LogP contribution is 2.33. The summed E-state index contributed by atoms with van der Waals surface area (Å²) in [5.74, 6) is 1.35. The Hall–Kier alpha value is -2.40. The van der Waals surface area contributed by atoms with E-state index in [1.807, 2.05) is 30.3 Å². The van der Waals surface area contributed by atoms with Crippen LogP contribution in [0.4, 0.5) is 0 Å². The summed E-state index contributed by atoms with van der Waals surface area (Å²) in [5, 5.41) is 4.12. The zero-order valence-electron chi connectivity index (χ0n) is 13.2. The Labute approximate surface area is 135 Å². The van der Waals surface area contributed by atoms with Crippen molar-refractivity contribution in [3.05, 3.63) is 60.2 Å². The van der Waals surface area contributed by atoms with Crippen LogP contribution in [0.2, 0.25) is 0 Å². The third-order valence-corrected chi connectivity index (χ3v) is 4.53. The number of benzene rings is 1. The first-order valence-electron chi connectivity index (χ1n) is 8.04. The summed E-state index contributed by atoms with van der Waals surface area (Å²) in [7, 11) is 2.10. The summed E-state index contributed by atoms with van der Waals surface area (Å²) < 4.78 is 7.67. The highest BCUT2D eigenvalue weighted by atomic mass is 16.5. The van der Waals surface area contributed by atoms with Gasteiger partial charge in [0, 0.05) is 24.5 Å². The molecule has 1 saturated heterocycles. The number of nitrogens with zero attached hydrogens (tertiary/aromatic N) is 4. The SMILES string of the molecule is Cn1cccc1C1CCCN1Cc1nc(-c2ccccc2)no1. The first-order chi connectivity index (χ1) is 11.3. The molecule has 5 heteroatoms. The third-order valence-electron chi connectivity index (χ3n) is 4.53. The Morgan fingerprint density at radius 2 is 2.04 bits per heavy atom. The van der Waals surface area contributed by atoms with Crippen LogP contribution in [-0.2, 0) is 13.6 Å². The molecule has 1 aliphatic heterocycles. The molecular weight excluding hydrogens is 288 g/mol. The smallest absolute Gasteiger partial charge is 0.241 e. The zero-order valence-corrected chi connectivity index (χ0v) is 13.2. The predicted molar refractivity (Wildman–Crippen MR) is 87.5 cm³/mol. The maximum Gasteiger partial charge on any atom is 0.241 e. The lowest BCUT2D eigenvalue weighted by atomic mass is 10.1. The molecule has 1 aliphatic rings. The Balaban J connectivity index is 1.52. The van der Waals surface area contributed by atoms with Gasteiger partial charge in [0.15, 0.2) is 0 Å². The molecule has 1 fully saturated rings. The van der Waals surface area contributed by atoms with Gasteiger partial charge in [0.1, 0.15) is 0 Å². The molecule has 0 aliphatic carbocycles. The van der Waals surface area contributed by atoms with Gasteiger partial charge in [0.2, 0.25) is 11.7 Å². The van der Waals surface area contributed by atoms with Crippen LogP contribution < -0.4 is 0 Å². The Morgan fingerprint density at radius 1 is 1.17 bits per heavy atom. The largest absolute Gasteiger partial charge is 0.353 e. The molecular formula is C18H20N4O. The predicted octanol–water partition coefficient (Wildman–Crippen LogP) is 3.41. The fourth-order valence-electron chi connectivity index (χ4n) is 3.37. The van der Waals surface area contributed by atoms with E-state index in [9.17, 15) is 0 Å². The molecule has 0 amide bonds. The van der Waals surface area contributed by atoms with Gasteiger partial charge in [-0.2, -0.15) is 4.98 Å². The van der Waals surface area contributed by atoms with E-state index >= 15 is 0 Å². The summed E-state index contributed by atoms with van der Waals surface area (Å²) in [4.78, 5) is 6.98. The van der Waals surface area contributed by atoms with Crippen molar-refractivity contribution in [1.29, 1.82) is 0 Å². The van der Waals surface area contributed by atoms with Crippen molar-refractivity contribution >= 4 is 0 Å². The zero-order chi connectivity index (χ0) is 15.6. The Morgan fingerprint density at radius 3 is 2.83 bits per heavy atom. The second-order valence-electron chi connectivity index (χ2n) is 6.05. The normalized spacial score (nSPS) is 18.6. The van der Waals surface area contributed by atoms with Crippen molar-refractivity contribution in [1.82, 2.24) is 19.6 Å². The van der Waals surface area contributed by atoms with Gasteiger partial charge in [-0.15, -0.1) is 0 Å². The van der Waals surface area contributed by atoms with Gasteiger partial charge in [-0.25, -0.2) is 0 Å². The van der Waals surface area contributed by atoms with Crippen LogP contribution in [-0.4, -0.2) is 26.2 Å². The third kappa shape index (κ3) is 2.80.